The van der Waals surface area contributed by atoms with Crippen LogP contribution in [0.1, 0.15) is 65.2 Å². The van der Waals surface area contributed by atoms with Gasteiger partial charge in [-0.1, -0.05) is 64.5 Å². The SMILES string of the molecule is CCCCCCCOc1ccc(-c2ncc(-c3ccc(OCC(F)CCCC)cc3)cn2)cc1. The van der Waals surface area contributed by atoms with Gasteiger partial charge in [0.2, 0.25) is 0 Å². The summed E-state index contributed by atoms with van der Waals surface area (Å²) >= 11 is 0. The Bertz CT molecular complexity index is 943. The predicted octanol–water partition coefficient (Wildman–Crippen LogP) is 8.07. The predicted molar refractivity (Wildman–Crippen MR) is 137 cm³/mol. The van der Waals surface area contributed by atoms with Gasteiger partial charge in [0, 0.05) is 23.5 Å². The largest absolute Gasteiger partial charge is 0.494 e. The van der Waals surface area contributed by atoms with Gasteiger partial charge in [0.15, 0.2) is 5.82 Å². The van der Waals surface area contributed by atoms with Gasteiger partial charge < -0.3 is 9.47 Å². The van der Waals surface area contributed by atoms with Crippen LogP contribution in [0.15, 0.2) is 60.9 Å². The second-order valence-electron chi connectivity index (χ2n) is 8.66. The van der Waals surface area contributed by atoms with E-state index >= 15 is 0 Å². The highest BCUT2D eigenvalue weighted by atomic mass is 19.1. The van der Waals surface area contributed by atoms with Gasteiger partial charge in [0.05, 0.1) is 6.61 Å². The Kier molecular flexibility index (Phi) is 10.8. The molecule has 1 aromatic heterocycles. The molecule has 0 saturated heterocycles. The highest BCUT2D eigenvalue weighted by Gasteiger charge is 2.08. The Labute approximate surface area is 203 Å². The monoisotopic (exact) mass is 464 g/mol. The summed E-state index contributed by atoms with van der Waals surface area (Å²) in [7, 11) is 0. The summed E-state index contributed by atoms with van der Waals surface area (Å²) < 4.78 is 25.2. The first-order valence-electron chi connectivity index (χ1n) is 12.6. The molecule has 5 heteroatoms. The third-order valence-corrected chi connectivity index (χ3v) is 5.77. The van der Waals surface area contributed by atoms with Crippen LogP contribution in [0.25, 0.3) is 22.5 Å². The van der Waals surface area contributed by atoms with Crippen molar-refractivity contribution in [1.29, 1.82) is 0 Å². The third-order valence-electron chi connectivity index (χ3n) is 5.77. The minimum atomic E-state index is -0.920. The first-order chi connectivity index (χ1) is 16.7. The molecule has 0 amide bonds. The average molecular weight is 465 g/mol. The van der Waals surface area contributed by atoms with Crippen LogP contribution in [0.5, 0.6) is 11.5 Å². The smallest absolute Gasteiger partial charge is 0.159 e. The molecule has 34 heavy (non-hydrogen) atoms. The maximum absolute atomic E-state index is 13.8. The van der Waals surface area contributed by atoms with Crippen LogP contribution in [-0.4, -0.2) is 29.4 Å². The van der Waals surface area contributed by atoms with Crippen molar-refractivity contribution in [2.45, 2.75) is 71.4 Å². The normalized spacial score (nSPS) is 11.9. The fraction of sp³-hybridized carbons (Fsp3) is 0.448. The van der Waals surface area contributed by atoms with Crippen LogP contribution in [0.4, 0.5) is 4.39 Å². The van der Waals surface area contributed by atoms with E-state index in [1.54, 1.807) is 0 Å². The number of unbranched alkanes of at least 4 members (excludes halogenated alkanes) is 5. The lowest BCUT2D eigenvalue weighted by Crippen LogP contribution is -2.12. The van der Waals surface area contributed by atoms with Gasteiger partial charge in [-0.05, 0) is 54.8 Å². The van der Waals surface area contributed by atoms with Crippen molar-refractivity contribution >= 4 is 0 Å². The second kappa shape index (κ2) is 14.3. The summed E-state index contributed by atoms with van der Waals surface area (Å²) in [6.07, 6.45) is 11.3. The van der Waals surface area contributed by atoms with E-state index in [9.17, 15) is 4.39 Å². The number of ether oxygens (including phenoxy) is 2. The summed E-state index contributed by atoms with van der Waals surface area (Å²) in [5, 5.41) is 0. The molecule has 1 heterocycles. The Balaban J connectivity index is 1.49. The Hall–Kier alpha value is -2.95. The van der Waals surface area contributed by atoms with Crippen molar-refractivity contribution in [2.75, 3.05) is 13.2 Å². The van der Waals surface area contributed by atoms with Gasteiger partial charge in [0.1, 0.15) is 24.3 Å². The maximum atomic E-state index is 13.8. The zero-order valence-electron chi connectivity index (χ0n) is 20.5. The fourth-order valence-corrected chi connectivity index (χ4v) is 3.66. The van der Waals surface area contributed by atoms with Crippen molar-refractivity contribution in [3.63, 3.8) is 0 Å². The van der Waals surface area contributed by atoms with E-state index in [2.05, 4.69) is 23.8 Å². The van der Waals surface area contributed by atoms with Gasteiger partial charge in [-0.15, -0.1) is 0 Å². The van der Waals surface area contributed by atoms with Gasteiger partial charge in [0.25, 0.3) is 0 Å². The Morgan fingerprint density at radius 3 is 1.91 bits per heavy atom. The molecule has 1 atom stereocenters. The summed E-state index contributed by atoms with van der Waals surface area (Å²) in [4.78, 5) is 9.07. The number of hydrogen-bond donors (Lipinski definition) is 0. The minimum Gasteiger partial charge on any atom is -0.494 e. The molecular weight excluding hydrogens is 427 g/mol. The van der Waals surface area contributed by atoms with Crippen LogP contribution in [0, 0.1) is 0 Å². The van der Waals surface area contributed by atoms with Crippen molar-refractivity contribution in [3.05, 3.63) is 60.9 Å². The topological polar surface area (TPSA) is 44.2 Å². The molecule has 3 aromatic rings. The molecule has 0 N–H and O–H groups in total. The zero-order chi connectivity index (χ0) is 24.0. The summed E-state index contributed by atoms with van der Waals surface area (Å²) in [6.45, 7) is 5.14. The third kappa shape index (κ3) is 8.44. The molecule has 2 aromatic carbocycles. The number of hydrogen-bond acceptors (Lipinski definition) is 4. The molecular formula is C29H37FN2O2. The lowest BCUT2D eigenvalue weighted by Gasteiger charge is -2.10. The molecule has 0 radical (unpaired) electrons. The second-order valence-corrected chi connectivity index (χ2v) is 8.66. The number of benzene rings is 2. The van der Waals surface area contributed by atoms with Crippen LogP contribution >= 0.6 is 0 Å². The Morgan fingerprint density at radius 1 is 0.676 bits per heavy atom. The number of nitrogens with zero attached hydrogens (tertiary/aromatic N) is 2. The number of aromatic nitrogens is 2. The molecule has 0 aliphatic heterocycles. The highest BCUT2D eigenvalue weighted by molar-refractivity contribution is 5.64. The molecule has 3 rings (SSSR count). The quantitative estimate of drug-likeness (QED) is 0.213. The zero-order valence-corrected chi connectivity index (χ0v) is 20.5. The van der Waals surface area contributed by atoms with E-state index in [0.29, 0.717) is 18.0 Å². The van der Waals surface area contributed by atoms with Crippen LogP contribution in [0.3, 0.4) is 0 Å². The van der Waals surface area contributed by atoms with Crippen LogP contribution in [0.2, 0.25) is 0 Å². The van der Waals surface area contributed by atoms with E-state index in [0.717, 1.165) is 48.3 Å². The van der Waals surface area contributed by atoms with Gasteiger partial charge in [-0.25, -0.2) is 14.4 Å². The van der Waals surface area contributed by atoms with Gasteiger partial charge in [-0.3, -0.25) is 0 Å². The number of halogens is 1. The summed E-state index contributed by atoms with van der Waals surface area (Å²) in [5.74, 6) is 2.22. The van der Waals surface area contributed by atoms with Crippen molar-refractivity contribution < 1.29 is 13.9 Å². The van der Waals surface area contributed by atoms with E-state index in [4.69, 9.17) is 9.47 Å². The van der Waals surface area contributed by atoms with E-state index in [-0.39, 0.29) is 6.61 Å². The summed E-state index contributed by atoms with van der Waals surface area (Å²) in [5.41, 5.74) is 2.86. The van der Waals surface area contributed by atoms with E-state index < -0.39 is 6.17 Å². The lowest BCUT2D eigenvalue weighted by molar-refractivity contribution is 0.184. The minimum absolute atomic E-state index is 0.0972. The molecule has 0 aliphatic rings. The molecule has 0 bridgehead atoms. The molecule has 182 valence electrons. The van der Waals surface area contributed by atoms with Crippen molar-refractivity contribution in [1.82, 2.24) is 9.97 Å². The van der Waals surface area contributed by atoms with Crippen molar-refractivity contribution in [2.24, 2.45) is 0 Å². The standard InChI is InChI=1S/C29H37FN2O2/c1-3-5-7-8-9-19-33-27-17-13-24(14-18-27)29-31-20-25(21-32-29)23-11-15-28(16-12-23)34-22-26(30)10-6-4-2/h11-18,20-21,26H,3-10,19,22H2,1-2H3. The van der Waals surface area contributed by atoms with E-state index in [1.165, 1.54) is 25.7 Å². The first kappa shape index (κ1) is 25.7. The van der Waals surface area contributed by atoms with Gasteiger partial charge >= 0.3 is 0 Å². The average Bonchev–Trinajstić information content (AvgIpc) is 2.89. The summed E-state index contributed by atoms with van der Waals surface area (Å²) in [6, 6.07) is 15.5. The lowest BCUT2D eigenvalue weighted by atomic mass is 10.1. The molecule has 1 unspecified atom stereocenters. The fourth-order valence-electron chi connectivity index (χ4n) is 3.66. The molecule has 4 nitrogen and oxygen atoms in total. The van der Waals surface area contributed by atoms with Gasteiger partial charge in [-0.2, -0.15) is 0 Å². The number of alkyl halides is 1. The maximum Gasteiger partial charge on any atom is 0.159 e. The molecule has 0 saturated carbocycles. The molecule has 0 aliphatic carbocycles. The molecule has 0 spiro atoms. The molecule has 0 fully saturated rings. The number of rotatable bonds is 15. The van der Waals surface area contributed by atoms with E-state index in [1.807, 2.05) is 60.9 Å². The Morgan fingerprint density at radius 2 is 1.26 bits per heavy atom. The van der Waals surface area contributed by atoms with Crippen LogP contribution in [-0.2, 0) is 0 Å². The highest BCUT2D eigenvalue weighted by Crippen LogP contribution is 2.24. The van der Waals surface area contributed by atoms with Crippen molar-refractivity contribution in [3.8, 4) is 34.0 Å². The van der Waals surface area contributed by atoms with Crippen LogP contribution < -0.4 is 9.47 Å². The first-order valence-corrected chi connectivity index (χ1v) is 12.6.